The van der Waals surface area contributed by atoms with Gasteiger partial charge >= 0.3 is 0 Å². The van der Waals surface area contributed by atoms with Crippen LogP contribution in [-0.2, 0) is 16.6 Å². The van der Waals surface area contributed by atoms with Gasteiger partial charge in [0.05, 0.1) is 30.3 Å². The SMILES string of the molecule is CS(=O)(=O)N(Cc1ccccc1)c1ccccc1C(=O)N/N=C/c1ccc(F)cc1. The molecule has 3 aromatic rings. The van der Waals surface area contributed by atoms with Gasteiger partial charge in [-0.2, -0.15) is 5.10 Å². The first-order valence-electron chi connectivity index (χ1n) is 9.04. The molecule has 0 heterocycles. The number of hydrogen-bond acceptors (Lipinski definition) is 4. The highest BCUT2D eigenvalue weighted by molar-refractivity contribution is 7.92. The molecule has 0 saturated heterocycles. The van der Waals surface area contributed by atoms with Crippen LogP contribution in [-0.4, -0.2) is 26.8 Å². The monoisotopic (exact) mass is 425 g/mol. The summed E-state index contributed by atoms with van der Waals surface area (Å²) in [4.78, 5) is 12.7. The Hall–Kier alpha value is -3.52. The number of para-hydroxylation sites is 1. The largest absolute Gasteiger partial charge is 0.273 e. The summed E-state index contributed by atoms with van der Waals surface area (Å²) < 4.78 is 39.1. The number of carbonyl (C=O) groups excluding carboxylic acids is 1. The van der Waals surface area contributed by atoms with E-state index >= 15 is 0 Å². The molecule has 0 unspecified atom stereocenters. The van der Waals surface area contributed by atoms with Crippen molar-refractivity contribution in [1.29, 1.82) is 0 Å². The molecule has 30 heavy (non-hydrogen) atoms. The molecule has 8 heteroatoms. The molecule has 0 aromatic heterocycles. The Labute approximate surface area is 174 Å². The standard InChI is InChI=1S/C22H20FN3O3S/c1-30(28,29)26(16-18-7-3-2-4-8-18)21-10-6-5-9-20(21)22(27)25-24-15-17-11-13-19(23)14-12-17/h2-15H,16H2,1H3,(H,25,27)/b24-15+. The topological polar surface area (TPSA) is 78.8 Å². The normalized spacial score (nSPS) is 11.4. The number of amides is 1. The molecule has 0 spiro atoms. The fraction of sp³-hybridized carbons (Fsp3) is 0.0909. The summed E-state index contributed by atoms with van der Waals surface area (Å²) in [5.41, 5.74) is 4.19. The van der Waals surface area contributed by atoms with Crippen LogP contribution in [0.5, 0.6) is 0 Å². The summed E-state index contributed by atoms with van der Waals surface area (Å²) in [7, 11) is -3.66. The number of carbonyl (C=O) groups is 1. The lowest BCUT2D eigenvalue weighted by Crippen LogP contribution is -2.32. The van der Waals surface area contributed by atoms with Crippen LogP contribution < -0.4 is 9.73 Å². The molecular formula is C22H20FN3O3S. The second-order valence-electron chi connectivity index (χ2n) is 6.52. The number of hydrazone groups is 1. The van der Waals surface area contributed by atoms with Gasteiger partial charge in [-0.15, -0.1) is 0 Å². The highest BCUT2D eigenvalue weighted by atomic mass is 32.2. The van der Waals surface area contributed by atoms with Crippen LogP contribution in [0.15, 0.2) is 84.0 Å². The van der Waals surface area contributed by atoms with Crippen molar-refractivity contribution in [2.75, 3.05) is 10.6 Å². The zero-order valence-corrected chi connectivity index (χ0v) is 17.0. The van der Waals surface area contributed by atoms with Crippen molar-refractivity contribution >= 4 is 27.8 Å². The zero-order valence-electron chi connectivity index (χ0n) is 16.2. The third-order valence-corrected chi connectivity index (χ3v) is 5.36. The Morgan fingerprint density at radius 2 is 1.63 bits per heavy atom. The molecule has 1 amide bonds. The molecule has 0 aliphatic heterocycles. The lowest BCUT2D eigenvalue weighted by molar-refractivity contribution is 0.0956. The summed E-state index contributed by atoms with van der Waals surface area (Å²) in [6, 6.07) is 21.1. The van der Waals surface area contributed by atoms with Crippen LogP contribution in [0.25, 0.3) is 0 Å². The second kappa shape index (κ2) is 9.32. The van der Waals surface area contributed by atoms with Gasteiger partial charge in [-0.3, -0.25) is 9.10 Å². The van der Waals surface area contributed by atoms with E-state index in [0.717, 1.165) is 11.8 Å². The zero-order chi connectivity index (χ0) is 21.6. The number of anilines is 1. The number of nitrogens with one attached hydrogen (secondary N) is 1. The number of hydrogen-bond donors (Lipinski definition) is 1. The number of benzene rings is 3. The molecule has 3 aromatic carbocycles. The molecule has 0 aliphatic carbocycles. The summed E-state index contributed by atoms with van der Waals surface area (Å²) in [5.74, 6) is -0.935. The minimum Gasteiger partial charge on any atom is -0.267 e. The minimum atomic E-state index is -3.66. The summed E-state index contributed by atoms with van der Waals surface area (Å²) in [6.07, 6.45) is 2.47. The third-order valence-electron chi connectivity index (χ3n) is 4.24. The van der Waals surface area contributed by atoms with Gasteiger partial charge in [0.15, 0.2) is 0 Å². The Bertz CT molecular complexity index is 1150. The molecule has 1 N–H and O–H groups in total. The first-order chi connectivity index (χ1) is 14.3. The van der Waals surface area contributed by atoms with Gasteiger partial charge in [0, 0.05) is 0 Å². The van der Waals surface area contributed by atoms with Crippen LogP contribution in [0.1, 0.15) is 21.5 Å². The van der Waals surface area contributed by atoms with E-state index in [-0.39, 0.29) is 23.6 Å². The van der Waals surface area contributed by atoms with Crippen molar-refractivity contribution in [2.45, 2.75) is 6.54 Å². The smallest absolute Gasteiger partial charge is 0.267 e. The molecule has 154 valence electrons. The predicted molar refractivity (Wildman–Crippen MR) is 115 cm³/mol. The quantitative estimate of drug-likeness (QED) is 0.464. The summed E-state index contributed by atoms with van der Waals surface area (Å²) in [6.45, 7) is 0.0861. The fourth-order valence-corrected chi connectivity index (χ4v) is 3.69. The lowest BCUT2D eigenvalue weighted by atomic mass is 10.1. The van der Waals surface area contributed by atoms with Gasteiger partial charge in [-0.05, 0) is 35.4 Å². The maximum absolute atomic E-state index is 13.0. The van der Waals surface area contributed by atoms with Crippen LogP contribution in [0.2, 0.25) is 0 Å². The number of nitrogens with zero attached hydrogens (tertiary/aromatic N) is 2. The van der Waals surface area contributed by atoms with E-state index in [1.54, 1.807) is 18.2 Å². The van der Waals surface area contributed by atoms with Crippen LogP contribution in [0.3, 0.4) is 0 Å². The average molecular weight is 425 g/mol. The van der Waals surface area contributed by atoms with Gasteiger partial charge in [-0.1, -0.05) is 54.6 Å². The van der Waals surface area contributed by atoms with Crippen molar-refractivity contribution in [3.05, 3.63) is 101 Å². The first kappa shape index (κ1) is 21.2. The highest BCUT2D eigenvalue weighted by Gasteiger charge is 2.23. The molecule has 0 atom stereocenters. The molecule has 0 bridgehead atoms. The summed E-state index contributed by atoms with van der Waals surface area (Å²) >= 11 is 0. The maximum Gasteiger partial charge on any atom is 0.273 e. The molecular weight excluding hydrogens is 405 g/mol. The van der Waals surface area contributed by atoms with E-state index in [2.05, 4.69) is 10.5 Å². The lowest BCUT2D eigenvalue weighted by Gasteiger charge is -2.24. The Kier molecular flexibility index (Phi) is 6.58. The van der Waals surface area contributed by atoms with E-state index in [1.807, 2.05) is 30.3 Å². The van der Waals surface area contributed by atoms with Crippen molar-refractivity contribution in [2.24, 2.45) is 5.10 Å². The van der Waals surface area contributed by atoms with Gasteiger partial charge in [0.1, 0.15) is 5.82 Å². The third kappa shape index (κ3) is 5.51. The van der Waals surface area contributed by atoms with Crippen molar-refractivity contribution < 1.29 is 17.6 Å². The Morgan fingerprint density at radius 1 is 1.00 bits per heavy atom. The second-order valence-corrected chi connectivity index (χ2v) is 8.43. The molecule has 6 nitrogen and oxygen atoms in total. The van der Waals surface area contributed by atoms with Crippen molar-refractivity contribution in [3.8, 4) is 0 Å². The van der Waals surface area contributed by atoms with E-state index in [1.165, 1.54) is 40.9 Å². The molecule has 0 radical (unpaired) electrons. The Balaban J connectivity index is 1.85. The van der Waals surface area contributed by atoms with Crippen LogP contribution in [0, 0.1) is 5.82 Å². The number of rotatable bonds is 7. The molecule has 0 aliphatic rings. The van der Waals surface area contributed by atoms with E-state index in [4.69, 9.17) is 0 Å². The van der Waals surface area contributed by atoms with Gasteiger partial charge in [0.25, 0.3) is 5.91 Å². The highest BCUT2D eigenvalue weighted by Crippen LogP contribution is 2.25. The van der Waals surface area contributed by atoms with E-state index in [0.29, 0.717) is 5.56 Å². The fourth-order valence-electron chi connectivity index (χ4n) is 2.79. The average Bonchev–Trinajstić information content (AvgIpc) is 2.73. The molecule has 0 fully saturated rings. The van der Waals surface area contributed by atoms with E-state index in [9.17, 15) is 17.6 Å². The van der Waals surface area contributed by atoms with Gasteiger partial charge in [0.2, 0.25) is 10.0 Å². The van der Waals surface area contributed by atoms with Crippen molar-refractivity contribution in [1.82, 2.24) is 5.43 Å². The maximum atomic E-state index is 13.0. The molecule has 0 saturated carbocycles. The van der Waals surface area contributed by atoms with Crippen molar-refractivity contribution in [3.63, 3.8) is 0 Å². The summed E-state index contributed by atoms with van der Waals surface area (Å²) in [5, 5.41) is 3.88. The van der Waals surface area contributed by atoms with Gasteiger partial charge in [-0.25, -0.2) is 18.2 Å². The molecule has 3 rings (SSSR count). The first-order valence-corrected chi connectivity index (χ1v) is 10.9. The van der Waals surface area contributed by atoms with Crippen LogP contribution in [0.4, 0.5) is 10.1 Å². The number of halogens is 1. The van der Waals surface area contributed by atoms with Crippen LogP contribution >= 0.6 is 0 Å². The Morgan fingerprint density at radius 3 is 2.30 bits per heavy atom. The predicted octanol–water partition coefficient (Wildman–Crippen LogP) is 3.56. The van der Waals surface area contributed by atoms with E-state index < -0.39 is 15.9 Å². The number of sulfonamides is 1. The van der Waals surface area contributed by atoms with Gasteiger partial charge < -0.3 is 0 Å². The minimum absolute atomic E-state index is 0.0861.